The minimum Gasteiger partial charge on any atom is -0.211 e. The second-order valence-electron chi connectivity index (χ2n) is 2.82. The van der Waals surface area contributed by atoms with E-state index in [1.807, 2.05) is 30.3 Å². The summed E-state index contributed by atoms with van der Waals surface area (Å²) < 4.78 is 24.8. The van der Waals surface area contributed by atoms with Gasteiger partial charge in [-0.25, -0.2) is 8.42 Å². The fraction of sp³-hybridized carbons (Fsp3) is 0.333. The molecule has 0 saturated heterocycles. The maximum absolute atomic E-state index is 10.7. The summed E-state index contributed by atoms with van der Waals surface area (Å²) in [5.74, 6) is 0. The second kappa shape index (κ2) is 4.39. The third-order valence-electron chi connectivity index (χ3n) is 1.57. The zero-order chi connectivity index (χ0) is 9.73. The fourth-order valence-electron chi connectivity index (χ4n) is 0.985. The first-order valence-electron chi connectivity index (χ1n) is 4.00. The maximum atomic E-state index is 10.7. The standard InChI is InChI=1S/C9H12NO2S/c1-13(11,12)10-8-7-9-5-3-2-4-6-9/h2-6H,7-8H2,1H3. The van der Waals surface area contributed by atoms with Gasteiger partial charge in [-0.05, 0) is 12.0 Å². The highest BCUT2D eigenvalue weighted by atomic mass is 32.2. The molecule has 71 valence electrons. The molecule has 0 bridgehead atoms. The van der Waals surface area contributed by atoms with E-state index in [9.17, 15) is 8.42 Å². The van der Waals surface area contributed by atoms with Gasteiger partial charge in [-0.15, -0.1) is 4.72 Å². The molecule has 1 radical (unpaired) electrons. The highest BCUT2D eigenvalue weighted by Gasteiger charge is 2.01. The van der Waals surface area contributed by atoms with Crippen molar-refractivity contribution in [2.24, 2.45) is 0 Å². The molecule has 0 N–H and O–H groups in total. The lowest BCUT2D eigenvalue weighted by atomic mass is 10.2. The highest BCUT2D eigenvalue weighted by molar-refractivity contribution is 7.88. The van der Waals surface area contributed by atoms with E-state index in [4.69, 9.17) is 0 Å². The molecule has 3 nitrogen and oxygen atoms in total. The molecular formula is C9H12NO2S. The predicted octanol–water partition coefficient (Wildman–Crippen LogP) is 0.793. The summed E-state index contributed by atoms with van der Waals surface area (Å²) in [4.78, 5) is 0. The number of benzene rings is 1. The SMILES string of the molecule is CS(=O)(=O)[N]CCc1ccccc1. The minimum atomic E-state index is -3.17. The van der Waals surface area contributed by atoms with Crippen molar-refractivity contribution in [2.45, 2.75) is 6.42 Å². The number of hydrogen-bond acceptors (Lipinski definition) is 2. The Labute approximate surface area is 78.8 Å². The van der Waals surface area contributed by atoms with Gasteiger partial charge in [-0.2, -0.15) is 0 Å². The average Bonchev–Trinajstić information content (AvgIpc) is 2.04. The van der Waals surface area contributed by atoms with Crippen molar-refractivity contribution in [3.63, 3.8) is 0 Å². The van der Waals surface area contributed by atoms with E-state index in [0.717, 1.165) is 11.8 Å². The largest absolute Gasteiger partial charge is 0.225 e. The summed E-state index contributed by atoms with van der Waals surface area (Å²) in [7, 11) is -3.17. The van der Waals surface area contributed by atoms with Gasteiger partial charge in [0.2, 0.25) is 10.0 Å². The molecule has 0 fully saturated rings. The molecule has 4 heteroatoms. The molecule has 0 aliphatic carbocycles. The van der Waals surface area contributed by atoms with E-state index in [2.05, 4.69) is 4.72 Å². The number of hydrogen-bond donors (Lipinski definition) is 0. The molecule has 0 amide bonds. The van der Waals surface area contributed by atoms with Gasteiger partial charge in [0.1, 0.15) is 0 Å². The topological polar surface area (TPSA) is 48.2 Å². The molecule has 0 aliphatic heterocycles. The smallest absolute Gasteiger partial charge is 0.211 e. The van der Waals surface area contributed by atoms with Crippen LogP contribution >= 0.6 is 0 Å². The summed E-state index contributed by atoms with van der Waals surface area (Å²) in [6.45, 7) is 0.336. The van der Waals surface area contributed by atoms with Crippen LogP contribution in [0.2, 0.25) is 0 Å². The van der Waals surface area contributed by atoms with Crippen LogP contribution in [-0.2, 0) is 16.4 Å². The Morgan fingerprint density at radius 2 is 1.85 bits per heavy atom. The van der Waals surface area contributed by atoms with Gasteiger partial charge in [0.15, 0.2) is 0 Å². The van der Waals surface area contributed by atoms with Crippen LogP contribution in [0.15, 0.2) is 30.3 Å². The lowest BCUT2D eigenvalue weighted by Crippen LogP contribution is -2.16. The van der Waals surface area contributed by atoms with Crippen LogP contribution in [-0.4, -0.2) is 21.2 Å². The number of nitrogens with zero attached hydrogens (tertiary/aromatic N) is 1. The summed E-state index contributed by atoms with van der Waals surface area (Å²) in [6, 6.07) is 9.69. The molecule has 0 heterocycles. The van der Waals surface area contributed by atoms with Crippen LogP contribution in [0, 0.1) is 0 Å². The lowest BCUT2D eigenvalue weighted by Gasteiger charge is -1.99. The zero-order valence-electron chi connectivity index (χ0n) is 7.47. The first kappa shape index (κ1) is 10.2. The van der Waals surface area contributed by atoms with Crippen molar-refractivity contribution in [1.29, 1.82) is 0 Å². The fourth-order valence-corrected chi connectivity index (χ4v) is 1.41. The molecule has 0 aliphatic rings. The molecule has 0 saturated carbocycles. The van der Waals surface area contributed by atoms with Gasteiger partial charge in [-0.1, -0.05) is 30.3 Å². The summed E-state index contributed by atoms with van der Waals surface area (Å²) >= 11 is 0. The molecule has 1 rings (SSSR count). The van der Waals surface area contributed by atoms with Crippen molar-refractivity contribution in [1.82, 2.24) is 4.72 Å². The normalized spacial score (nSPS) is 11.5. The van der Waals surface area contributed by atoms with Crippen molar-refractivity contribution in [3.8, 4) is 0 Å². The Bertz CT molecular complexity index is 345. The third kappa shape index (κ3) is 4.65. The molecule has 0 unspecified atom stereocenters. The summed E-state index contributed by atoms with van der Waals surface area (Å²) in [6.07, 6.45) is 1.78. The van der Waals surface area contributed by atoms with Gasteiger partial charge in [0, 0.05) is 6.54 Å². The quantitative estimate of drug-likeness (QED) is 0.718. The number of sulfonamides is 1. The van der Waals surface area contributed by atoms with Gasteiger partial charge >= 0.3 is 0 Å². The first-order chi connectivity index (χ1) is 6.08. The van der Waals surface area contributed by atoms with Crippen LogP contribution < -0.4 is 4.72 Å². The average molecular weight is 198 g/mol. The summed E-state index contributed by atoms with van der Waals surface area (Å²) in [5.41, 5.74) is 1.11. The Hall–Kier alpha value is -0.870. The van der Waals surface area contributed by atoms with Crippen LogP contribution in [0.1, 0.15) is 5.56 Å². The maximum Gasteiger partial charge on any atom is 0.225 e. The Morgan fingerprint density at radius 1 is 1.23 bits per heavy atom. The minimum absolute atomic E-state index is 0.336. The van der Waals surface area contributed by atoms with E-state index in [-0.39, 0.29) is 0 Å². The lowest BCUT2D eigenvalue weighted by molar-refractivity contribution is 0.586. The van der Waals surface area contributed by atoms with Gasteiger partial charge in [-0.3, -0.25) is 0 Å². The molecule has 13 heavy (non-hydrogen) atoms. The predicted molar refractivity (Wildman–Crippen MR) is 52.0 cm³/mol. The molecule has 0 aromatic heterocycles. The molecule has 1 aromatic carbocycles. The van der Waals surface area contributed by atoms with Gasteiger partial charge in [0.05, 0.1) is 6.26 Å². The Balaban J connectivity index is 2.37. The zero-order valence-corrected chi connectivity index (χ0v) is 8.29. The van der Waals surface area contributed by atoms with Crippen LogP contribution in [0.3, 0.4) is 0 Å². The van der Waals surface area contributed by atoms with E-state index in [0.29, 0.717) is 13.0 Å². The van der Waals surface area contributed by atoms with Crippen LogP contribution in [0.4, 0.5) is 0 Å². The molecule has 1 aromatic rings. The summed E-state index contributed by atoms with van der Waals surface area (Å²) in [5, 5.41) is 0. The number of rotatable bonds is 4. The van der Waals surface area contributed by atoms with Crippen LogP contribution in [0.25, 0.3) is 0 Å². The highest BCUT2D eigenvalue weighted by Crippen LogP contribution is 1.98. The third-order valence-corrected chi connectivity index (χ3v) is 2.22. The van der Waals surface area contributed by atoms with Gasteiger partial charge < -0.3 is 0 Å². The van der Waals surface area contributed by atoms with E-state index in [1.165, 1.54) is 0 Å². The van der Waals surface area contributed by atoms with Crippen molar-refractivity contribution in [2.75, 3.05) is 12.8 Å². The Morgan fingerprint density at radius 3 is 2.38 bits per heavy atom. The second-order valence-corrected chi connectivity index (χ2v) is 4.55. The van der Waals surface area contributed by atoms with Crippen molar-refractivity contribution >= 4 is 10.0 Å². The van der Waals surface area contributed by atoms with Crippen molar-refractivity contribution < 1.29 is 8.42 Å². The van der Waals surface area contributed by atoms with E-state index in [1.54, 1.807) is 0 Å². The van der Waals surface area contributed by atoms with E-state index >= 15 is 0 Å². The molecule has 0 spiro atoms. The monoisotopic (exact) mass is 198 g/mol. The van der Waals surface area contributed by atoms with Gasteiger partial charge in [0.25, 0.3) is 0 Å². The van der Waals surface area contributed by atoms with Crippen molar-refractivity contribution in [3.05, 3.63) is 35.9 Å². The van der Waals surface area contributed by atoms with Crippen LogP contribution in [0.5, 0.6) is 0 Å². The van der Waals surface area contributed by atoms with E-state index < -0.39 is 10.0 Å². The molecule has 0 atom stereocenters. The Kier molecular flexibility index (Phi) is 3.45. The molecular weight excluding hydrogens is 186 g/mol. The first-order valence-corrected chi connectivity index (χ1v) is 5.85.